The third-order valence-corrected chi connectivity index (χ3v) is 4.91. The lowest BCUT2D eigenvalue weighted by molar-refractivity contribution is 0.621. The van der Waals surface area contributed by atoms with Gasteiger partial charge in [0.15, 0.2) is 11.7 Å². The lowest BCUT2D eigenvalue weighted by Gasteiger charge is -2.08. The van der Waals surface area contributed by atoms with Gasteiger partial charge in [0.25, 0.3) is 0 Å². The maximum Gasteiger partial charge on any atom is 0.166 e. The van der Waals surface area contributed by atoms with Crippen LogP contribution in [0.2, 0.25) is 0 Å². The summed E-state index contributed by atoms with van der Waals surface area (Å²) < 4.78 is 44.0. The zero-order valence-electron chi connectivity index (χ0n) is 16.1. The Balaban J connectivity index is 1.95. The van der Waals surface area contributed by atoms with Crippen molar-refractivity contribution in [2.24, 2.45) is 0 Å². The van der Waals surface area contributed by atoms with Gasteiger partial charge >= 0.3 is 0 Å². The number of rotatable bonds is 6. The number of hydrogen-bond acceptors (Lipinski definition) is 0. The van der Waals surface area contributed by atoms with Gasteiger partial charge in [-0.15, -0.1) is 0 Å². The van der Waals surface area contributed by atoms with Crippen LogP contribution in [0.1, 0.15) is 42.5 Å². The smallest absolute Gasteiger partial charge is 0.166 e. The lowest BCUT2D eigenvalue weighted by atomic mass is 9.99. The first-order valence-corrected chi connectivity index (χ1v) is 9.52. The highest BCUT2D eigenvalue weighted by Crippen LogP contribution is 2.32. The van der Waals surface area contributed by atoms with Crippen molar-refractivity contribution in [1.82, 2.24) is 0 Å². The van der Waals surface area contributed by atoms with Gasteiger partial charge in [0.2, 0.25) is 0 Å². The lowest BCUT2D eigenvalue weighted by Crippen LogP contribution is -1.93. The van der Waals surface area contributed by atoms with Gasteiger partial charge in [0, 0.05) is 16.5 Å². The van der Waals surface area contributed by atoms with Gasteiger partial charge in [0.05, 0.1) is 0 Å². The van der Waals surface area contributed by atoms with Gasteiger partial charge in [-0.05, 0) is 48.8 Å². The molecule has 3 rings (SSSR count). The maximum absolute atomic E-state index is 14.7. The van der Waals surface area contributed by atoms with Gasteiger partial charge in [0.1, 0.15) is 5.82 Å². The first kappa shape index (κ1) is 19.9. The maximum atomic E-state index is 14.7. The van der Waals surface area contributed by atoms with Crippen molar-refractivity contribution < 1.29 is 13.2 Å². The molecule has 0 bridgehead atoms. The minimum Gasteiger partial charge on any atom is -0.206 e. The molecule has 28 heavy (non-hydrogen) atoms. The van der Waals surface area contributed by atoms with Crippen molar-refractivity contribution in [3.63, 3.8) is 0 Å². The molecule has 0 aromatic heterocycles. The van der Waals surface area contributed by atoms with Crippen LogP contribution in [-0.2, 0) is 12.8 Å². The van der Waals surface area contributed by atoms with E-state index in [1.165, 1.54) is 18.2 Å². The normalized spacial score (nSPS) is 12.6. The summed E-state index contributed by atoms with van der Waals surface area (Å²) in [6, 6.07) is 14.6. The van der Waals surface area contributed by atoms with Crippen molar-refractivity contribution in [1.29, 1.82) is 0 Å². The molecular formula is C25H23F3. The Kier molecular flexibility index (Phi) is 6.35. The van der Waals surface area contributed by atoms with Crippen molar-refractivity contribution in [3.05, 3.63) is 94.8 Å². The van der Waals surface area contributed by atoms with Crippen molar-refractivity contribution in [2.45, 2.75) is 33.1 Å². The summed E-state index contributed by atoms with van der Waals surface area (Å²) in [5, 5.41) is 0.969. The number of aryl methyl sites for hydroxylation is 2. The molecule has 144 valence electrons. The molecule has 3 aromatic carbocycles. The molecule has 0 amide bonds. The van der Waals surface area contributed by atoms with E-state index in [-0.39, 0.29) is 16.9 Å². The molecular weight excluding hydrogens is 357 g/mol. The summed E-state index contributed by atoms with van der Waals surface area (Å²) in [5.74, 6) is -2.15. The monoisotopic (exact) mass is 380 g/mol. The van der Waals surface area contributed by atoms with E-state index in [0.717, 1.165) is 18.4 Å². The zero-order valence-corrected chi connectivity index (χ0v) is 16.1. The number of allylic oxidation sites excluding steroid dienone is 2. The Labute approximate surface area is 164 Å². The summed E-state index contributed by atoms with van der Waals surface area (Å²) in [6.07, 6.45) is 6.12. The van der Waals surface area contributed by atoms with Crippen molar-refractivity contribution >= 4 is 22.4 Å². The molecule has 0 fully saturated rings. The highest BCUT2D eigenvalue weighted by Gasteiger charge is 2.14. The number of benzene rings is 3. The summed E-state index contributed by atoms with van der Waals surface area (Å²) >= 11 is 0. The molecule has 0 aliphatic heterocycles. The third-order valence-electron chi connectivity index (χ3n) is 4.91. The van der Waals surface area contributed by atoms with Gasteiger partial charge in [-0.2, -0.15) is 0 Å². The third kappa shape index (κ3) is 4.19. The van der Waals surface area contributed by atoms with E-state index >= 15 is 0 Å². The summed E-state index contributed by atoms with van der Waals surface area (Å²) in [7, 11) is 0. The van der Waals surface area contributed by atoms with Crippen LogP contribution in [-0.4, -0.2) is 0 Å². The predicted octanol–water partition coefficient (Wildman–Crippen LogP) is 7.81. The molecule has 0 atom stereocenters. The first-order chi connectivity index (χ1) is 13.5. The second kappa shape index (κ2) is 8.92. The average Bonchev–Trinajstić information content (AvgIpc) is 2.74. The molecule has 0 heterocycles. The summed E-state index contributed by atoms with van der Waals surface area (Å²) in [5.41, 5.74) is 1.98. The average molecular weight is 380 g/mol. The Hall–Kier alpha value is -2.81. The molecule has 3 aromatic rings. The van der Waals surface area contributed by atoms with E-state index in [1.54, 1.807) is 36.4 Å². The summed E-state index contributed by atoms with van der Waals surface area (Å²) in [6.45, 7) is 3.93. The number of hydrogen-bond donors (Lipinski definition) is 0. The number of fused-ring (bicyclic) bond motifs is 1. The van der Waals surface area contributed by atoms with Crippen molar-refractivity contribution in [2.75, 3.05) is 0 Å². The Morgan fingerprint density at radius 2 is 1.57 bits per heavy atom. The van der Waals surface area contributed by atoms with E-state index in [0.29, 0.717) is 22.8 Å². The van der Waals surface area contributed by atoms with Crippen LogP contribution in [0.25, 0.3) is 22.4 Å². The predicted molar refractivity (Wildman–Crippen MR) is 112 cm³/mol. The minimum absolute atomic E-state index is 0.102. The Morgan fingerprint density at radius 3 is 2.25 bits per heavy atom. The van der Waals surface area contributed by atoms with Crippen molar-refractivity contribution in [3.8, 4) is 0 Å². The van der Waals surface area contributed by atoms with E-state index in [2.05, 4.69) is 0 Å². The van der Waals surface area contributed by atoms with Gasteiger partial charge in [-0.1, -0.05) is 67.6 Å². The molecule has 3 heteroatoms. The van der Waals surface area contributed by atoms with Crippen LogP contribution in [0.15, 0.2) is 66.7 Å². The quantitative estimate of drug-likeness (QED) is 0.302. The fourth-order valence-electron chi connectivity index (χ4n) is 3.21. The molecule has 0 N–H and O–H groups in total. The molecule has 0 aliphatic rings. The fourth-order valence-corrected chi connectivity index (χ4v) is 3.21. The summed E-state index contributed by atoms with van der Waals surface area (Å²) in [4.78, 5) is 0. The van der Waals surface area contributed by atoms with Crippen LogP contribution < -0.4 is 0 Å². The molecule has 0 spiro atoms. The molecule has 0 aliphatic carbocycles. The number of halogens is 3. The highest BCUT2D eigenvalue weighted by atomic mass is 19.2. The fraction of sp³-hybridized carbons (Fsp3) is 0.200. The van der Waals surface area contributed by atoms with Crippen LogP contribution in [0.3, 0.4) is 0 Å². The first-order valence-electron chi connectivity index (χ1n) is 9.52. The molecule has 0 saturated carbocycles. The van der Waals surface area contributed by atoms with E-state index in [9.17, 15) is 13.2 Å². The SMILES string of the molecule is C/C=C/CCc1ccc2cc(C(F)=C(F)c3ccc(CC)cc3)ccc2c1F. The van der Waals surface area contributed by atoms with E-state index < -0.39 is 11.7 Å². The van der Waals surface area contributed by atoms with Crippen LogP contribution in [0.4, 0.5) is 13.2 Å². The largest absolute Gasteiger partial charge is 0.206 e. The Bertz CT molecular complexity index is 1030. The topological polar surface area (TPSA) is 0 Å². The second-order valence-electron chi connectivity index (χ2n) is 6.76. The second-order valence-corrected chi connectivity index (χ2v) is 6.76. The van der Waals surface area contributed by atoms with E-state index in [4.69, 9.17) is 0 Å². The zero-order chi connectivity index (χ0) is 20.1. The van der Waals surface area contributed by atoms with Crippen LogP contribution in [0, 0.1) is 5.82 Å². The van der Waals surface area contributed by atoms with Gasteiger partial charge in [-0.3, -0.25) is 0 Å². The van der Waals surface area contributed by atoms with Gasteiger partial charge < -0.3 is 0 Å². The van der Waals surface area contributed by atoms with Crippen LogP contribution >= 0.6 is 0 Å². The molecule has 0 unspecified atom stereocenters. The van der Waals surface area contributed by atoms with Crippen LogP contribution in [0.5, 0.6) is 0 Å². The highest BCUT2D eigenvalue weighted by molar-refractivity contribution is 5.90. The standard InChI is InChI=1S/C25H23F3/c1-3-5-6-7-18-12-13-20-16-21(14-15-22(20)23(18)26)25(28)24(27)19-10-8-17(4-2)9-11-19/h3,5,8-16H,4,6-7H2,1-2H3/b5-3+,25-24?. The molecule has 0 radical (unpaired) electrons. The molecule has 0 nitrogen and oxygen atoms in total. The van der Waals surface area contributed by atoms with E-state index in [1.807, 2.05) is 26.0 Å². The Morgan fingerprint density at radius 1 is 0.893 bits per heavy atom. The van der Waals surface area contributed by atoms with Gasteiger partial charge in [-0.25, -0.2) is 13.2 Å². The molecule has 0 saturated heterocycles. The minimum atomic E-state index is -0.941.